The second-order valence-corrected chi connectivity index (χ2v) is 4.65. The van der Waals surface area contributed by atoms with E-state index in [0.717, 1.165) is 18.8 Å². The highest BCUT2D eigenvalue weighted by Gasteiger charge is 2.14. The zero-order chi connectivity index (χ0) is 13.0. The summed E-state index contributed by atoms with van der Waals surface area (Å²) >= 11 is 0. The van der Waals surface area contributed by atoms with E-state index in [1.54, 1.807) is 6.07 Å². The van der Waals surface area contributed by atoms with Crippen LogP contribution in [0, 0.1) is 11.7 Å². The Labute approximate surface area is 102 Å². The summed E-state index contributed by atoms with van der Waals surface area (Å²) in [4.78, 5) is 13.6. The van der Waals surface area contributed by atoms with Crippen LogP contribution in [-0.2, 0) is 0 Å². The number of ketones is 1. The lowest BCUT2D eigenvalue weighted by Gasteiger charge is -2.27. The SMILES string of the molecule is CCN(CC(C)C)c1ccc(F)cc1C(C)=O. The van der Waals surface area contributed by atoms with E-state index in [-0.39, 0.29) is 11.6 Å². The third-order valence-electron chi connectivity index (χ3n) is 2.65. The largest absolute Gasteiger partial charge is 0.371 e. The maximum atomic E-state index is 13.2. The third kappa shape index (κ3) is 3.55. The summed E-state index contributed by atoms with van der Waals surface area (Å²) in [6, 6.07) is 4.42. The van der Waals surface area contributed by atoms with Crippen molar-refractivity contribution in [3.8, 4) is 0 Å². The maximum Gasteiger partial charge on any atom is 0.161 e. The van der Waals surface area contributed by atoms with Gasteiger partial charge in [-0.15, -0.1) is 0 Å². The number of hydrogen-bond donors (Lipinski definition) is 0. The van der Waals surface area contributed by atoms with Gasteiger partial charge < -0.3 is 4.90 Å². The van der Waals surface area contributed by atoms with E-state index in [1.807, 2.05) is 6.92 Å². The van der Waals surface area contributed by atoms with Crippen LogP contribution >= 0.6 is 0 Å². The van der Waals surface area contributed by atoms with Gasteiger partial charge in [-0.3, -0.25) is 4.79 Å². The van der Waals surface area contributed by atoms with Gasteiger partial charge in [0.2, 0.25) is 0 Å². The Bertz CT molecular complexity index is 401. The molecule has 17 heavy (non-hydrogen) atoms. The molecule has 0 aromatic heterocycles. The molecule has 0 bridgehead atoms. The van der Waals surface area contributed by atoms with Crippen molar-refractivity contribution in [2.75, 3.05) is 18.0 Å². The van der Waals surface area contributed by atoms with Gasteiger partial charge in [-0.25, -0.2) is 4.39 Å². The number of Topliss-reactive ketones (excluding diaryl/α,β-unsaturated/α-hetero) is 1. The fourth-order valence-electron chi connectivity index (χ4n) is 1.90. The Kier molecular flexibility index (Phi) is 4.67. The number of hydrogen-bond acceptors (Lipinski definition) is 2. The predicted molar refractivity (Wildman–Crippen MR) is 69.1 cm³/mol. The molecular weight excluding hydrogens is 217 g/mol. The lowest BCUT2D eigenvalue weighted by Crippen LogP contribution is -2.28. The van der Waals surface area contributed by atoms with E-state index in [4.69, 9.17) is 0 Å². The number of rotatable bonds is 5. The van der Waals surface area contributed by atoms with Crippen molar-refractivity contribution in [1.29, 1.82) is 0 Å². The summed E-state index contributed by atoms with van der Waals surface area (Å²) in [5.74, 6) is 0.0427. The normalized spacial score (nSPS) is 10.7. The molecule has 2 nitrogen and oxygen atoms in total. The molecule has 0 saturated carbocycles. The Morgan fingerprint density at radius 2 is 2.06 bits per heavy atom. The van der Waals surface area contributed by atoms with Crippen LogP contribution < -0.4 is 4.90 Å². The molecule has 0 unspecified atom stereocenters. The summed E-state index contributed by atoms with van der Waals surface area (Å²) in [6.45, 7) is 9.43. The first-order chi connectivity index (χ1) is 7.95. The van der Waals surface area contributed by atoms with Crippen LogP contribution in [-0.4, -0.2) is 18.9 Å². The summed E-state index contributed by atoms with van der Waals surface area (Å²) in [6.07, 6.45) is 0. The van der Waals surface area contributed by atoms with Crippen LogP contribution in [0.2, 0.25) is 0 Å². The Morgan fingerprint density at radius 3 is 2.53 bits per heavy atom. The highest BCUT2D eigenvalue weighted by molar-refractivity contribution is 5.99. The second-order valence-electron chi connectivity index (χ2n) is 4.65. The minimum atomic E-state index is -0.362. The third-order valence-corrected chi connectivity index (χ3v) is 2.65. The monoisotopic (exact) mass is 237 g/mol. The number of halogens is 1. The Morgan fingerprint density at radius 1 is 1.41 bits per heavy atom. The van der Waals surface area contributed by atoms with Crippen LogP contribution in [0.4, 0.5) is 10.1 Å². The Hall–Kier alpha value is -1.38. The summed E-state index contributed by atoms with van der Waals surface area (Å²) < 4.78 is 13.2. The van der Waals surface area contributed by atoms with Gasteiger partial charge in [0.1, 0.15) is 5.82 Å². The average molecular weight is 237 g/mol. The van der Waals surface area contributed by atoms with E-state index in [0.29, 0.717) is 11.5 Å². The minimum absolute atomic E-state index is 0.0956. The van der Waals surface area contributed by atoms with Crippen molar-refractivity contribution in [3.63, 3.8) is 0 Å². The molecule has 0 fully saturated rings. The molecule has 94 valence electrons. The highest BCUT2D eigenvalue weighted by atomic mass is 19.1. The van der Waals surface area contributed by atoms with E-state index in [1.165, 1.54) is 19.1 Å². The lowest BCUT2D eigenvalue weighted by molar-refractivity contribution is 0.101. The molecule has 3 heteroatoms. The minimum Gasteiger partial charge on any atom is -0.371 e. The van der Waals surface area contributed by atoms with Crippen molar-refractivity contribution in [1.82, 2.24) is 0 Å². The smallest absolute Gasteiger partial charge is 0.161 e. The molecule has 1 aromatic rings. The standard InChI is InChI=1S/C14H20FNO/c1-5-16(9-10(2)3)14-7-6-12(15)8-13(14)11(4)17/h6-8,10H,5,9H2,1-4H3. The molecule has 0 heterocycles. The van der Waals surface area contributed by atoms with Crippen LogP contribution in [0.3, 0.4) is 0 Å². The van der Waals surface area contributed by atoms with Gasteiger partial charge in [-0.1, -0.05) is 13.8 Å². The average Bonchev–Trinajstić information content (AvgIpc) is 2.25. The van der Waals surface area contributed by atoms with E-state index >= 15 is 0 Å². The van der Waals surface area contributed by atoms with E-state index in [9.17, 15) is 9.18 Å². The van der Waals surface area contributed by atoms with Crippen molar-refractivity contribution in [2.45, 2.75) is 27.7 Å². The fourth-order valence-corrected chi connectivity index (χ4v) is 1.90. The second kappa shape index (κ2) is 5.80. The number of anilines is 1. The molecule has 0 radical (unpaired) electrons. The van der Waals surface area contributed by atoms with Gasteiger partial charge in [0, 0.05) is 24.3 Å². The van der Waals surface area contributed by atoms with Gasteiger partial charge in [0.15, 0.2) is 5.78 Å². The van der Waals surface area contributed by atoms with Crippen molar-refractivity contribution in [3.05, 3.63) is 29.6 Å². The molecule has 0 amide bonds. The first kappa shape index (κ1) is 13.7. The summed E-state index contributed by atoms with van der Waals surface area (Å²) in [5.41, 5.74) is 1.29. The summed E-state index contributed by atoms with van der Waals surface area (Å²) in [5, 5.41) is 0. The molecule has 0 aliphatic heterocycles. The molecule has 0 aliphatic carbocycles. The van der Waals surface area contributed by atoms with Gasteiger partial charge in [-0.05, 0) is 38.0 Å². The predicted octanol–water partition coefficient (Wildman–Crippen LogP) is 3.51. The first-order valence-corrected chi connectivity index (χ1v) is 6.01. The van der Waals surface area contributed by atoms with Gasteiger partial charge >= 0.3 is 0 Å². The van der Waals surface area contributed by atoms with Crippen LogP contribution in [0.1, 0.15) is 38.1 Å². The van der Waals surface area contributed by atoms with Crippen molar-refractivity contribution >= 4 is 11.5 Å². The van der Waals surface area contributed by atoms with Crippen molar-refractivity contribution < 1.29 is 9.18 Å². The molecular formula is C14H20FNO. The lowest BCUT2D eigenvalue weighted by atomic mass is 10.1. The molecule has 0 atom stereocenters. The highest BCUT2D eigenvalue weighted by Crippen LogP contribution is 2.23. The number of carbonyl (C=O) groups is 1. The van der Waals surface area contributed by atoms with Crippen LogP contribution in [0.5, 0.6) is 0 Å². The van der Waals surface area contributed by atoms with Gasteiger partial charge in [-0.2, -0.15) is 0 Å². The quantitative estimate of drug-likeness (QED) is 0.730. The van der Waals surface area contributed by atoms with Gasteiger partial charge in [0.05, 0.1) is 0 Å². The topological polar surface area (TPSA) is 20.3 Å². The van der Waals surface area contributed by atoms with Gasteiger partial charge in [0.25, 0.3) is 0 Å². The Balaban J connectivity index is 3.14. The number of nitrogens with zero attached hydrogens (tertiary/aromatic N) is 1. The maximum absolute atomic E-state index is 13.2. The van der Waals surface area contributed by atoms with Crippen LogP contribution in [0.25, 0.3) is 0 Å². The van der Waals surface area contributed by atoms with Crippen molar-refractivity contribution in [2.24, 2.45) is 5.92 Å². The first-order valence-electron chi connectivity index (χ1n) is 6.01. The fraction of sp³-hybridized carbons (Fsp3) is 0.500. The zero-order valence-electron chi connectivity index (χ0n) is 11.0. The zero-order valence-corrected chi connectivity index (χ0v) is 11.0. The molecule has 0 saturated heterocycles. The molecule has 0 spiro atoms. The van der Waals surface area contributed by atoms with E-state index in [2.05, 4.69) is 18.7 Å². The van der Waals surface area contributed by atoms with Crippen LogP contribution in [0.15, 0.2) is 18.2 Å². The molecule has 1 aromatic carbocycles. The number of carbonyl (C=O) groups excluding carboxylic acids is 1. The molecule has 1 rings (SSSR count). The number of benzene rings is 1. The van der Waals surface area contributed by atoms with E-state index < -0.39 is 0 Å². The molecule has 0 aliphatic rings. The molecule has 0 N–H and O–H groups in total. The summed E-state index contributed by atoms with van der Waals surface area (Å²) in [7, 11) is 0.